The first-order valence-electron chi connectivity index (χ1n) is 19.2. The molecule has 1 aromatic rings. The molecule has 0 aliphatic carbocycles. The Hall–Kier alpha value is -3.42. The normalized spacial score (nSPS) is 19.8. The Morgan fingerprint density at radius 3 is 2.02 bits per heavy atom. The molecule has 4 amide bonds. The molecule has 0 saturated carbocycles. The largest absolute Gasteiger partial charge is 0.379 e. The van der Waals surface area contributed by atoms with Crippen molar-refractivity contribution in [3.05, 3.63) is 40.8 Å². The number of carbonyl (C=O) groups excluding carboxylic acids is 4. The van der Waals surface area contributed by atoms with Crippen molar-refractivity contribution in [2.75, 3.05) is 41.9 Å². The van der Waals surface area contributed by atoms with E-state index in [0.29, 0.717) is 18.5 Å². The number of likely N-dealkylation sites (N-methyl/N-ethyl adjacent to an activating group) is 2. The molecule has 1 aromatic carbocycles. The van der Waals surface area contributed by atoms with Crippen LogP contribution in [0.4, 0.5) is 0 Å². The number of rotatable bonds is 21. The fourth-order valence-corrected chi connectivity index (χ4v) is 7.94. The monoisotopic (exact) mass is 745 g/mol. The van der Waals surface area contributed by atoms with E-state index in [9.17, 15) is 24.1 Å². The number of hydrogen-bond donors (Lipinski definition) is 2. The van der Waals surface area contributed by atoms with Crippen LogP contribution in [0.25, 0.3) is 0 Å². The number of carbonyl (C=O) groups is 4. The summed E-state index contributed by atoms with van der Waals surface area (Å²) in [6, 6.07) is 5.82. The van der Waals surface area contributed by atoms with Crippen molar-refractivity contribution in [2.45, 2.75) is 130 Å². The topological polar surface area (TPSA) is 150 Å². The van der Waals surface area contributed by atoms with Gasteiger partial charge in [-0.25, -0.2) is 0 Å². The Morgan fingerprint density at radius 2 is 1.53 bits per heavy atom. The number of benzene rings is 1. The lowest BCUT2D eigenvalue weighted by atomic mass is 9.89. The van der Waals surface area contributed by atoms with E-state index in [-0.39, 0.29) is 53.8 Å². The Balaban J connectivity index is 2.27. The van der Waals surface area contributed by atoms with E-state index >= 15 is 0 Å². The van der Waals surface area contributed by atoms with Crippen LogP contribution in [0, 0.1) is 28.6 Å². The number of nitroso groups, excluding NO2 is 1. The summed E-state index contributed by atoms with van der Waals surface area (Å²) in [4.78, 5) is 72.4. The Morgan fingerprint density at radius 1 is 0.906 bits per heavy atom. The molecule has 0 radical (unpaired) electrons. The number of nitrogens with zero attached hydrogens (tertiary/aromatic N) is 4. The molecule has 53 heavy (non-hydrogen) atoms. The first kappa shape index (κ1) is 45.7. The van der Waals surface area contributed by atoms with Gasteiger partial charge in [0.1, 0.15) is 12.1 Å². The predicted molar refractivity (Wildman–Crippen MR) is 208 cm³/mol. The van der Waals surface area contributed by atoms with Crippen molar-refractivity contribution in [3.63, 3.8) is 0 Å². The SMILES string of the molecule is CCC(C)C(C(CC(=O)N1CCCC1C(OC)C(C)C(=O)NC(C)C(N=O)c1ccccc1)OC)N(C)C(=O)[C@@H](NC(=O)C(C(C)C)N(C)C)C(C)C. The molecule has 1 saturated heterocycles. The summed E-state index contributed by atoms with van der Waals surface area (Å²) in [5.41, 5.74) is 0.711. The lowest BCUT2D eigenvalue weighted by Crippen LogP contribution is -2.59. The predicted octanol–water partition coefficient (Wildman–Crippen LogP) is 4.65. The number of ether oxygens (including phenoxy) is 2. The number of methoxy groups -OCH3 is 2. The minimum atomic E-state index is -0.764. The van der Waals surface area contributed by atoms with Gasteiger partial charge in [-0.3, -0.25) is 24.1 Å². The maximum Gasteiger partial charge on any atom is 0.245 e. The van der Waals surface area contributed by atoms with Crippen molar-refractivity contribution < 1.29 is 28.7 Å². The first-order chi connectivity index (χ1) is 25.0. The van der Waals surface area contributed by atoms with E-state index in [1.54, 1.807) is 57.0 Å². The van der Waals surface area contributed by atoms with Gasteiger partial charge in [0, 0.05) is 27.8 Å². The van der Waals surface area contributed by atoms with Gasteiger partial charge in [-0.05, 0) is 57.2 Å². The summed E-state index contributed by atoms with van der Waals surface area (Å²) in [6.07, 6.45) is 0.929. The highest BCUT2D eigenvalue weighted by Crippen LogP contribution is 2.30. The van der Waals surface area contributed by atoms with Gasteiger partial charge in [-0.15, -0.1) is 0 Å². The fraction of sp³-hybridized carbons (Fsp3) is 0.750. The average molecular weight is 745 g/mol. The van der Waals surface area contributed by atoms with Crippen LogP contribution < -0.4 is 10.6 Å². The second kappa shape index (κ2) is 21.5. The minimum absolute atomic E-state index is 0.0200. The maximum atomic E-state index is 14.2. The van der Waals surface area contributed by atoms with Crippen molar-refractivity contribution in [1.29, 1.82) is 0 Å². The van der Waals surface area contributed by atoms with Gasteiger partial charge in [-0.2, -0.15) is 4.91 Å². The van der Waals surface area contributed by atoms with Crippen LogP contribution in [0.3, 0.4) is 0 Å². The van der Waals surface area contributed by atoms with Crippen LogP contribution in [0.5, 0.6) is 0 Å². The molecule has 10 atom stereocenters. The van der Waals surface area contributed by atoms with Crippen LogP contribution in [-0.4, -0.2) is 123 Å². The van der Waals surface area contributed by atoms with Crippen molar-refractivity contribution in [3.8, 4) is 0 Å². The summed E-state index contributed by atoms with van der Waals surface area (Å²) in [7, 11) is 8.54. The second-order valence-corrected chi connectivity index (χ2v) is 15.7. The van der Waals surface area contributed by atoms with Gasteiger partial charge >= 0.3 is 0 Å². The molecule has 9 unspecified atom stereocenters. The molecule has 300 valence electrons. The van der Waals surface area contributed by atoms with E-state index in [0.717, 1.165) is 12.8 Å². The molecule has 1 aliphatic heterocycles. The zero-order chi connectivity index (χ0) is 40.2. The molecule has 0 aromatic heterocycles. The number of likely N-dealkylation sites (tertiary alicyclic amines) is 1. The summed E-state index contributed by atoms with van der Waals surface area (Å²) in [5.74, 6) is -1.68. The minimum Gasteiger partial charge on any atom is -0.379 e. The summed E-state index contributed by atoms with van der Waals surface area (Å²) < 4.78 is 11.9. The molecular weight excluding hydrogens is 676 g/mol. The maximum absolute atomic E-state index is 14.2. The molecule has 1 heterocycles. The Labute approximate surface area is 318 Å². The summed E-state index contributed by atoms with van der Waals surface area (Å²) in [5, 5.41) is 9.27. The van der Waals surface area contributed by atoms with Gasteiger partial charge in [0.2, 0.25) is 23.6 Å². The summed E-state index contributed by atoms with van der Waals surface area (Å²) >= 11 is 0. The zero-order valence-corrected chi connectivity index (χ0v) is 34.5. The molecule has 1 aliphatic rings. The highest BCUT2D eigenvalue weighted by atomic mass is 16.5. The van der Waals surface area contributed by atoms with Gasteiger partial charge < -0.3 is 29.9 Å². The molecule has 2 N–H and O–H groups in total. The molecular formula is C40H68N6O7. The third kappa shape index (κ3) is 11.8. The summed E-state index contributed by atoms with van der Waals surface area (Å²) in [6.45, 7) is 15.9. The molecule has 13 nitrogen and oxygen atoms in total. The lowest BCUT2D eigenvalue weighted by Gasteiger charge is -2.41. The van der Waals surface area contributed by atoms with Crippen molar-refractivity contribution >= 4 is 23.6 Å². The third-order valence-corrected chi connectivity index (χ3v) is 11.0. The van der Waals surface area contributed by atoms with Crippen molar-refractivity contribution in [1.82, 2.24) is 25.3 Å². The molecule has 2 rings (SSSR count). The van der Waals surface area contributed by atoms with Crippen LogP contribution in [0.1, 0.15) is 92.7 Å². The molecule has 0 spiro atoms. The van der Waals surface area contributed by atoms with Crippen LogP contribution in [0.2, 0.25) is 0 Å². The first-order valence-corrected chi connectivity index (χ1v) is 19.2. The fourth-order valence-electron chi connectivity index (χ4n) is 7.94. The van der Waals surface area contributed by atoms with Gasteiger partial charge in [0.25, 0.3) is 0 Å². The van der Waals surface area contributed by atoms with E-state index in [2.05, 4.69) is 15.8 Å². The number of amides is 4. The number of hydrogen-bond acceptors (Lipinski definition) is 9. The van der Waals surface area contributed by atoms with Crippen LogP contribution in [-0.2, 0) is 28.7 Å². The van der Waals surface area contributed by atoms with Gasteiger partial charge in [0.15, 0.2) is 0 Å². The number of nitrogens with one attached hydrogen (secondary N) is 2. The van der Waals surface area contributed by atoms with Crippen LogP contribution >= 0.6 is 0 Å². The highest BCUT2D eigenvalue weighted by molar-refractivity contribution is 5.90. The zero-order valence-electron chi connectivity index (χ0n) is 34.5. The van der Waals surface area contributed by atoms with E-state index < -0.39 is 48.3 Å². The second-order valence-electron chi connectivity index (χ2n) is 15.7. The van der Waals surface area contributed by atoms with Crippen LogP contribution in [0.15, 0.2) is 35.5 Å². The van der Waals surface area contributed by atoms with E-state index in [1.165, 1.54) is 0 Å². The lowest BCUT2D eigenvalue weighted by molar-refractivity contribution is -0.148. The third-order valence-electron chi connectivity index (χ3n) is 11.0. The standard InChI is InChI=1S/C40H68N6O7/c1-14-26(6)36(45(11)40(50)33(24(2)3)42-39(49)35(25(4)5)44(9)10)31(52-12)23-32(47)46-22-18-21-30(46)37(53-13)27(7)38(48)41-28(8)34(43-51)29-19-16-15-17-20-29/h15-17,19-20,24-28,30-31,33-37H,14,18,21-23H2,1-13H3,(H,41,48)(H,42,49)/t26?,27?,28?,30?,31?,33-,34?,35?,36?,37?/m0/s1. The smallest absolute Gasteiger partial charge is 0.245 e. The Bertz CT molecular complexity index is 1320. The van der Waals surface area contributed by atoms with Crippen molar-refractivity contribution in [2.24, 2.45) is 28.8 Å². The molecule has 0 bridgehead atoms. The Kier molecular flexibility index (Phi) is 18.5. The average Bonchev–Trinajstić information content (AvgIpc) is 3.60. The molecule has 13 heteroatoms. The quantitative estimate of drug-likeness (QED) is 0.173. The van der Waals surface area contributed by atoms with E-state index in [4.69, 9.17) is 9.47 Å². The van der Waals surface area contributed by atoms with Gasteiger partial charge in [-0.1, -0.05) is 90.4 Å². The van der Waals surface area contributed by atoms with Gasteiger partial charge in [0.05, 0.1) is 48.7 Å². The molecule has 1 fully saturated rings. The highest BCUT2D eigenvalue weighted by Gasteiger charge is 2.43. The van der Waals surface area contributed by atoms with E-state index in [1.807, 2.05) is 78.7 Å².